The van der Waals surface area contributed by atoms with Crippen LogP contribution in [0, 0.1) is 6.92 Å². The Bertz CT molecular complexity index is 2330. The van der Waals surface area contributed by atoms with Gasteiger partial charge >= 0.3 is 0 Å². The third-order valence-corrected chi connectivity index (χ3v) is 11.1. The summed E-state index contributed by atoms with van der Waals surface area (Å²) in [5.74, 6) is 1.05. The normalized spacial score (nSPS) is 14.5. The number of nitrogens with zero attached hydrogens (tertiary/aromatic N) is 7. The molecule has 6 aromatic rings. The third kappa shape index (κ3) is 12.0. The first-order valence-corrected chi connectivity index (χ1v) is 21.4. The number of carbonyl (C=O) groups excluding carboxylic acids is 1. The molecule has 2 fully saturated rings. The Morgan fingerprint density at radius 3 is 1.87 bits per heavy atom. The molecule has 0 radical (unpaired) electrons. The molecule has 2 aliphatic heterocycles. The lowest BCUT2D eigenvalue weighted by Crippen LogP contribution is -2.46. The van der Waals surface area contributed by atoms with E-state index >= 15 is 0 Å². The van der Waals surface area contributed by atoms with E-state index in [4.69, 9.17) is 21.2 Å². The van der Waals surface area contributed by atoms with Crippen molar-refractivity contribution in [2.24, 2.45) is 5.73 Å². The summed E-state index contributed by atoms with van der Waals surface area (Å²) in [5.41, 5.74) is 22.3. The number of piperidine rings is 1. The number of carbonyl (C=O) groups is 1. The van der Waals surface area contributed by atoms with Crippen LogP contribution < -0.4 is 37.2 Å². The van der Waals surface area contributed by atoms with Crippen LogP contribution in [0.15, 0.2) is 116 Å². The molecule has 0 saturated carbocycles. The third-order valence-electron chi connectivity index (χ3n) is 11.1. The second-order valence-corrected chi connectivity index (χ2v) is 15.6. The Morgan fingerprint density at radius 2 is 1.27 bits per heavy atom. The first-order valence-electron chi connectivity index (χ1n) is 21.4. The summed E-state index contributed by atoms with van der Waals surface area (Å²) < 4.78 is 4.95. The summed E-state index contributed by atoms with van der Waals surface area (Å²) in [6, 6.07) is 34.4. The molecule has 4 aromatic carbocycles. The average molecular weight is 835 g/mol. The fraction of sp³-hybridized carbons (Fsp3) is 0.312. The maximum Gasteiger partial charge on any atom is 0.227 e. The van der Waals surface area contributed by atoms with Crippen molar-refractivity contribution in [1.82, 2.24) is 24.8 Å². The topological polar surface area (TPSA) is 176 Å². The van der Waals surface area contributed by atoms with Crippen LogP contribution in [0.5, 0.6) is 0 Å². The summed E-state index contributed by atoms with van der Waals surface area (Å²) in [6.07, 6.45) is 6.01. The van der Waals surface area contributed by atoms with Crippen LogP contribution in [0.2, 0.25) is 0 Å². The fourth-order valence-corrected chi connectivity index (χ4v) is 7.41. The van der Waals surface area contributed by atoms with E-state index < -0.39 is 0 Å². The van der Waals surface area contributed by atoms with E-state index in [1.165, 1.54) is 11.4 Å². The number of nitrogen functional groups attached to an aromatic ring is 1. The number of likely N-dealkylation sites (N-methyl/N-ethyl adjacent to an activating group) is 1. The maximum absolute atomic E-state index is 11.9. The largest absolute Gasteiger partial charge is 0.399 e. The Morgan fingerprint density at radius 1 is 0.710 bits per heavy atom. The van der Waals surface area contributed by atoms with E-state index in [2.05, 4.69) is 101 Å². The second-order valence-electron chi connectivity index (χ2n) is 15.6. The number of hydrogen-bond acceptors (Lipinski definition) is 13. The number of nitrogens with two attached hydrogens (primary N) is 2. The van der Waals surface area contributed by atoms with Crippen molar-refractivity contribution in [2.45, 2.75) is 39.2 Å². The van der Waals surface area contributed by atoms with Gasteiger partial charge < -0.3 is 46.9 Å². The van der Waals surface area contributed by atoms with E-state index in [0.717, 1.165) is 109 Å². The van der Waals surface area contributed by atoms with Gasteiger partial charge in [-0.25, -0.2) is 19.9 Å². The highest BCUT2D eigenvalue weighted by molar-refractivity contribution is 5.91. The van der Waals surface area contributed by atoms with Gasteiger partial charge in [0.25, 0.3) is 0 Å². The number of hydrogen-bond donors (Lipinski definition) is 5. The highest BCUT2D eigenvalue weighted by atomic mass is 16.5. The number of methoxy groups -OCH3 is 1. The molecular formula is C48H58N12O2. The number of anilines is 8. The number of benzene rings is 4. The Kier molecular flexibility index (Phi) is 14.9. The lowest BCUT2D eigenvalue weighted by atomic mass is 10.1. The Labute approximate surface area is 364 Å². The van der Waals surface area contributed by atoms with Crippen molar-refractivity contribution in [3.63, 3.8) is 0 Å². The van der Waals surface area contributed by atoms with Crippen molar-refractivity contribution in [3.8, 4) is 22.5 Å². The molecule has 7 N–H and O–H groups in total. The number of aromatic nitrogens is 4. The van der Waals surface area contributed by atoms with Crippen molar-refractivity contribution in [2.75, 3.05) is 91.0 Å². The van der Waals surface area contributed by atoms with Crippen LogP contribution in [0.25, 0.3) is 22.5 Å². The molecular weight excluding hydrogens is 777 g/mol. The number of amides is 1. The minimum atomic E-state index is -0.0708. The summed E-state index contributed by atoms with van der Waals surface area (Å²) in [6.45, 7) is 12.1. The summed E-state index contributed by atoms with van der Waals surface area (Å²) in [5, 5.41) is 9.48. The quantitative estimate of drug-likeness (QED) is 0.0717. The van der Waals surface area contributed by atoms with Crippen molar-refractivity contribution < 1.29 is 9.53 Å². The predicted octanol–water partition coefficient (Wildman–Crippen LogP) is 7.71. The van der Waals surface area contributed by atoms with Gasteiger partial charge in [0, 0.05) is 110 Å². The zero-order valence-corrected chi connectivity index (χ0v) is 35.9. The van der Waals surface area contributed by atoms with Crippen molar-refractivity contribution in [1.29, 1.82) is 0 Å². The Balaban J connectivity index is 0.000000192. The molecule has 14 heteroatoms. The molecule has 0 atom stereocenters. The molecule has 4 heterocycles. The van der Waals surface area contributed by atoms with Crippen LogP contribution in [-0.4, -0.2) is 96.3 Å². The van der Waals surface area contributed by atoms with Crippen LogP contribution in [-0.2, 0) is 9.53 Å². The number of aryl methyl sites for hydroxylation is 1. The van der Waals surface area contributed by atoms with Crippen LogP contribution in [0.4, 0.5) is 46.0 Å². The Hall–Kier alpha value is -6.61. The molecule has 0 bridgehead atoms. The van der Waals surface area contributed by atoms with E-state index in [0.29, 0.717) is 31.0 Å². The van der Waals surface area contributed by atoms with E-state index in [1.807, 2.05) is 67.7 Å². The standard InChI is InChI=1S/C27H34N6O2.C21H24N6/c1-4-32-14-16-33(17-15-32)24-11-9-23(10-12-24)30-27-28-19-20(2)26(31-27)21-5-7-22(8-6-21)29-25(34)13-18-35-3;22-16-3-1-15(2-4-16)20-9-12-24-21(26-20)25-18-5-7-19(8-6-18)27-13-10-17(23)11-14-27/h5-12,19H,4,13-18H2,1-3H3,(H,29,34)(H,28,30,31);1-9,12,17H,10-11,13-14,22-23H2,(H,24,25,26). The van der Waals surface area contributed by atoms with Crippen LogP contribution >= 0.6 is 0 Å². The molecule has 0 unspecified atom stereocenters. The molecule has 8 rings (SSSR count). The van der Waals surface area contributed by atoms with Crippen molar-refractivity contribution in [3.05, 3.63) is 121 Å². The van der Waals surface area contributed by atoms with E-state index in [-0.39, 0.29) is 5.91 Å². The minimum absolute atomic E-state index is 0.0708. The number of nitrogens with one attached hydrogen (secondary N) is 3. The first kappa shape index (κ1) is 43.5. The molecule has 14 nitrogen and oxygen atoms in total. The highest BCUT2D eigenvalue weighted by Gasteiger charge is 2.17. The minimum Gasteiger partial charge on any atom is -0.399 e. The molecule has 322 valence electrons. The summed E-state index contributed by atoms with van der Waals surface area (Å²) in [4.78, 5) is 37.4. The van der Waals surface area contributed by atoms with Crippen molar-refractivity contribution >= 4 is 51.9 Å². The van der Waals surface area contributed by atoms with Gasteiger partial charge in [-0.3, -0.25) is 4.79 Å². The number of ether oxygens (including phenoxy) is 1. The number of rotatable bonds is 13. The zero-order chi connectivity index (χ0) is 43.3. The lowest BCUT2D eigenvalue weighted by molar-refractivity contribution is -0.117. The zero-order valence-electron chi connectivity index (χ0n) is 35.9. The van der Waals surface area contributed by atoms with Gasteiger partial charge in [0.2, 0.25) is 17.8 Å². The molecule has 62 heavy (non-hydrogen) atoms. The van der Waals surface area contributed by atoms with Gasteiger partial charge in [0.1, 0.15) is 0 Å². The second kappa shape index (κ2) is 21.3. The molecule has 2 aliphatic rings. The SMILES string of the molecule is CCN1CCN(c2ccc(Nc3ncc(C)c(-c4ccc(NC(=O)CCOC)cc4)n3)cc2)CC1.Nc1ccc(-c2ccnc(Nc3ccc(N4CCC(N)CC4)cc3)n2)cc1. The predicted molar refractivity (Wildman–Crippen MR) is 252 cm³/mol. The molecule has 0 aliphatic carbocycles. The van der Waals surface area contributed by atoms with E-state index in [9.17, 15) is 4.79 Å². The first-order chi connectivity index (χ1) is 30.2. The monoisotopic (exact) mass is 834 g/mol. The molecule has 2 aromatic heterocycles. The smallest absolute Gasteiger partial charge is 0.227 e. The number of piperazine rings is 1. The molecule has 0 spiro atoms. The van der Waals surface area contributed by atoms with Gasteiger partial charge in [0.05, 0.1) is 24.4 Å². The average Bonchev–Trinajstić information content (AvgIpc) is 3.31. The van der Waals surface area contributed by atoms with Crippen LogP contribution in [0.3, 0.4) is 0 Å². The van der Waals surface area contributed by atoms with E-state index in [1.54, 1.807) is 13.3 Å². The van der Waals surface area contributed by atoms with Crippen LogP contribution in [0.1, 0.15) is 31.7 Å². The van der Waals surface area contributed by atoms with Gasteiger partial charge in [-0.15, -0.1) is 0 Å². The summed E-state index contributed by atoms with van der Waals surface area (Å²) >= 11 is 0. The highest BCUT2D eigenvalue weighted by Crippen LogP contribution is 2.27. The fourth-order valence-electron chi connectivity index (χ4n) is 7.41. The van der Waals surface area contributed by atoms with Gasteiger partial charge in [-0.1, -0.05) is 31.2 Å². The maximum atomic E-state index is 11.9. The van der Waals surface area contributed by atoms with Gasteiger partial charge in [-0.2, -0.15) is 0 Å². The van der Waals surface area contributed by atoms with Gasteiger partial charge in [-0.05, 0) is 111 Å². The lowest BCUT2D eigenvalue weighted by Gasteiger charge is -2.35. The molecule has 2 saturated heterocycles. The molecule has 1 amide bonds. The van der Waals surface area contributed by atoms with Gasteiger partial charge in [0.15, 0.2) is 0 Å². The summed E-state index contributed by atoms with van der Waals surface area (Å²) in [7, 11) is 1.58.